The molecule has 3 aliphatic carbocycles. The van der Waals surface area contributed by atoms with Gasteiger partial charge in [0.05, 0.1) is 12.2 Å². The van der Waals surface area contributed by atoms with Gasteiger partial charge in [-0.1, -0.05) is 37.1 Å². The van der Waals surface area contributed by atoms with Gasteiger partial charge in [0.15, 0.2) is 0 Å². The largest absolute Gasteiger partial charge is 0.393 e. The van der Waals surface area contributed by atoms with Gasteiger partial charge in [-0.15, -0.1) is 0 Å². The summed E-state index contributed by atoms with van der Waals surface area (Å²) in [5, 5.41) is 28.5. The molecule has 1 unspecified atom stereocenters. The van der Waals surface area contributed by atoms with Crippen molar-refractivity contribution in [1.82, 2.24) is 5.48 Å². The van der Waals surface area contributed by atoms with Gasteiger partial charge in [-0.2, -0.15) is 0 Å². The summed E-state index contributed by atoms with van der Waals surface area (Å²) in [6.07, 6.45) is 13.9. The lowest BCUT2D eigenvalue weighted by Crippen LogP contribution is -2.36. The molecule has 0 aromatic rings. The van der Waals surface area contributed by atoms with Crippen LogP contribution in [0.2, 0.25) is 0 Å². The minimum absolute atomic E-state index is 0.290. The number of allylic oxidation sites excluding steroid dienone is 3. The SMILES string of the molecule is C[C@H](CCCC(=O)NO)[C@H]1CC[C@H]2/C(=C/C=C3CC(O)C[C@H](O)C3)CCC[C@]12C. The average molecular weight is 406 g/mol. The van der Waals surface area contributed by atoms with Gasteiger partial charge in [0.2, 0.25) is 5.91 Å². The molecule has 164 valence electrons. The average Bonchev–Trinajstić information content (AvgIpc) is 3.03. The molecule has 3 aliphatic rings. The van der Waals surface area contributed by atoms with Crippen molar-refractivity contribution < 1.29 is 20.2 Å². The zero-order valence-corrected chi connectivity index (χ0v) is 18.1. The van der Waals surface area contributed by atoms with E-state index in [1.165, 1.54) is 31.3 Å². The van der Waals surface area contributed by atoms with E-state index in [1.807, 2.05) is 0 Å². The normalized spacial score (nSPS) is 38.8. The van der Waals surface area contributed by atoms with Crippen LogP contribution in [0.25, 0.3) is 0 Å². The molecule has 0 spiro atoms. The zero-order valence-electron chi connectivity index (χ0n) is 18.1. The van der Waals surface area contributed by atoms with Crippen LogP contribution in [0.5, 0.6) is 0 Å². The van der Waals surface area contributed by atoms with Crippen LogP contribution >= 0.6 is 0 Å². The lowest BCUT2D eigenvalue weighted by molar-refractivity contribution is -0.129. The fraction of sp³-hybridized carbons (Fsp3) is 0.792. The Morgan fingerprint density at radius 1 is 1.24 bits per heavy atom. The maximum Gasteiger partial charge on any atom is 0.243 e. The summed E-state index contributed by atoms with van der Waals surface area (Å²) in [6, 6.07) is 0. The number of rotatable bonds is 6. The van der Waals surface area contributed by atoms with Crippen LogP contribution in [0.15, 0.2) is 23.3 Å². The molecule has 6 atom stereocenters. The number of aliphatic hydroxyl groups excluding tert-OH is 2. The van der Waals surface area contributed by atoms with Crippen LogP contribution in [0.3, 0.4) is 0 Å². The molecular weight excluding hydrogens is 366 g/mol. The van der Waals surface area contributed by atoms with Crippen molar-refractivity contribution in [3.63, 3.8) is 0 Å². The topological polar surface area (TPSA) is 89.8 Å². The van der Waals surface area contributed by atoms with E-state index in [4.69, 9.17) is 5.21 Å². The number of aliphatic hydroxyl groups is 2. The minimum Gasteiger partial charge on any atom is -0.393 e. The van der Waals surface area contributed by atoms with Crippen molar-refractivity contribution in [3.05, 3.63) is 23.3 Å². The number of hydroxylamine groups is 1. The quantitative estimate of drug-likeness (QED) is 0.392. The lowest BCUT2D eigenvalue weighted by Gasteiger charge is -2.44. The maximum absolute atomic E-state index is 11.3. The fourth-order valence-corrected chi connectivity index (χ4v) is 6.59. The van der Waals surface area contributed by atoms with Crippen molar-refractivity contribution in [2.24, 2.45) is 23.2 Å². The molecule has 0 aromatic heterocycles. The Hall–Kier alpha value is -1.17. The molecule has 1 amide bonds. The van der Waals surface area contributed by atoms with Gasteiger partial charge in [0, 0.05) is 6.42 Å². The first-order valence-corrected chi connectivity index (χ1v) is 11.5. The first-order valence-electron chi connectivity index (χ1n) is 11.5. The second-order valence-electron chi connectivity index (χ2n) is 10.0. The van der Waals surface area contributed by atoms with Gasteiger partial charge in [0.25, 0.3) is 0 Å². The number of hydrogen-bond donors (Lipinski definition) is 4. The summed E-state index contributed by atoms with van der Waals surface area (Å²) in [5.41, 5.74) is 4.78. The second kappa shape index (κ2) is 9.76. The Morgan fingerprint density at radius 2 is 1.97 bits per heavy atom. The summed E-state index contributed by atoms with van der Waals surface area (Å²) in [6.45, 7) is 4.81. The number of fused-ring (bicyclic) bond motifs is 1. The highest BCUT2D eigenvalue weighted by Crippen LogP contribution is 2.59. The van der Waals surface area contributed by atoms with Gasteiger partial charge in [0.1, 0.15) is 0 Å². The van der Waals surface area contributed by atoms with E-state index in [1.54, 1.807) is 11.1 Å². The summed E-state index contributed by atoms with van der Waals surface area (Å²) >= 11 is 0. The Balaban J connectivity index is 1.65. The number of nitrogens with one attached hydrogen (secondary N) is 1. The van der Waals surface area contributed by atoms with Crippen LogP contribution < -0.4 is 5.48 Å². The van der Waals surface area contributed by atoms with E-state index in [-0.39, 0.29) is 5.91 Å². The Morgan fingerprint density at radius 3 is 2.66 bits per heavy atom. The minimum atomic E-state index is -0.412. The van der Waals surface area contributed by atoms with E-state index in [9.17, 15) is 15.0 Å². The highest BCUT2D eigenvalue weighted by atomic mass is 16.5. The molecule has 29 heavy (non-hydrogen) atoms. The molecule has 0 bridgehead atoms. The van der Waals surface area contributed by atoms with Crippen LogP contribution in [-0.4, -0.2) is 33.5 Å². The molecule has 0 saturated heterocycles. The molecule has 5 heteroatoms. The molecule has 4 N–H and O–H groups in total. The van der Waals surface area contributed by atoms with Crippen LogP contribution in [0, 0.1) is 23.2 Å². The van der Waals surface area contributed by atoms with Crippen molar-refractivity contribution in [2.75, 3.05) is 0 Å². The predicted molar refractivity (Wildman–Crippen MR) is 113 cm³/mol. The van der Waals surface area contributed by atoms with E-state index in [2.05, 4.69) is 26.0 Å². The smallest absolute Gasteiger partial charge is 0.243 e. The van der Waals surface area contributed by atoms with Crippen LogP contribution in [0.1, 0.15) is 84.5 Å². The van der Waals surface area contributed by atoms with Crippen LogP contribution in [-0.2, 0) is 4.79 Å². The molecular formula is C24H39NO4. The maximum atomic E-state index is 11.3. The number of amides is 1. The molecule has 3 fully saturated rings. The van der Waals surface area contributed by atoms with Crippen molar-refractivity contribution in [2.45, 2.75) is 96.7 Å². The lowest BCUT2D eigenvalue weighted by atomic mass is 9.60. The summed E-state index contributed by atoms with van der Waals surface area (Å²) < 4.78 is 0. The first kappa shape index (κ1) is 22.5. The number of carbonyl (C=O) groups is 1. The third-order valence-corrected chi connectivity index (χ3v) is 7.99. The molecule has 0 aromatic carbocycles. The van der Waals surface area contributed by atoms with Gasteiger partial charge in [-0.05, 0) is 87.4 Å². The number of carbonyl (C=O) groups excluding carboxylic acids is 1. The molecule has 3 rings (SSSR count). The Labute approximate surface area is 175 Å². The van der Waals surface area contributed by atoms with Crippen molar-refractivity contribution in [3.8, 4) is 0 Å². The van der Waals surface area contributed by atoms with Crippen molar-refractivity contribution >= 4 is 5.91 Å². The monoisotopic (exact) mass is 405 g/mol. The predicted octanol–water partition coefficient (Wildman–Crippen LogP) is 4.27. The highest BCUT2D eigenvalue weighted by molar-refractivity contribution is 5.74. The van der Waals surface area contributed by atoms with Crippen molar-refractivity contribution in [1.29, 1.82) is 0 Å². The van der Waals surface area contributed by atoms with Gasteiger partial charge in [-0.25, -0.2) is 5.48 Å². The van der Waals surface area contributed by atoms with Gasteiger partial charge < -0.3 is 10.2 Å². The molecule has 0 aliphatic heterocycles. The standard InChI is InChI=1S/C24H39NO4/c1-16(5-3-7-23(28)25-29)21-10-11-22-18(6-4-12-24(21,22)2)9-8-17-13-19(26)15-20(27)14-17/h8-9,16,19-22,26-27,29H,3-7,10-15H2,1-2H3,(H,25,28)/b17-8?,18-9+/t16-,19-,20?,21-,22+,24-/m1/s1. The van der Waals surface area contributed by atoms with Crippen LogP contribution in [0.4, 0.5) is 0 Å². The first-order chi connectivity index (χ1) is 13.8. The number of hydrogen-bond acceptors (Lipinski definition) is 4. The van der Waals surface area contributed by atoms with Gasteiger partial charge >= 0.3 is 0 Å². The molecule has 0 radical (unpaired) electrons. The van der Waals surface area contributed by atoms with Gasteiger partial charge in [-0.3, -0.25) is 10.0 Å². The third-order valence-electron chi connectivity index (χ3n) is 7.99. The highest BCUT2D eigenvalue weighted by Gasteiger charge is 2.50. The van der Waals surface area contributed by atoms with E-state index in [0.717, 1.165) is 19.3 Å². The summed E-state index contributed by atoms with van der Waals surface area (Å²) in [4.78, 5) is 11.3. The summed E-state index contributed by atoms with van der Waals surface area (Å²) in [7, 11) is 0. The van der Waals surface area contributed by atoms with E-state index >= 15 is 0 Å². The summed E-state index contributed by atoms with van der Waals surface area (Å²) in [5.74, 6) is 1.60. The van der Waals surface area contributed by atoms with E-state index < -0.39 is 12.2 Å². The molecule has 0 heterocycles. The fourth-order valence-electron chi connectivity index (χ4n) is 6.59. The zero-order chi connectivity index (χ0) is 21.0. The van der Waals surface area contributed by atoms with E-state index in [0.29, 0.717) is 48.9 Å². The molecule has 3 saturated carbocycles. The second-order valence-corrected chi connectivity index (χ2v) is 10.0. The Kier molecular flexibility index (Phi) is 7.58. The Bertz CT molecular complexity index is 631. The third kappa shape index (κ3) is 5.31. The molecule has 5 nitrogen and oxygen atoms in total.